The van der Waals surface area contributed by atoms with Crippen molar-refractivity contribution < 1.29 is 9.90 Å². The van der Waals surface area contributed by atoms with Gasteiger partial charge in [-0.2, -0.15) is 5.10 Å². The van der Waals surface area contributed by atoms with Gasteiger partial charge in [0, 0.05) is 38.4 Å². The molecule has 4 rings (SSSR count). The van der Waals surface area contributed by atoms with Gasteiger partial charge in [0.2, 0.25) is 0 Å². The first kappa shape index (κ1) is 24.7. The van der Waals surface area contributed by atoms with Gasteiger partial charge in [-0.25, -0.2) is 0 Å². The number of phenolic OH excluding ortho intramolecular Hbond substituents is 1. The molecule has 0 atom stereocenters. The number of rotatable bonds is 8. The second-order valence-corrected chi connectivity index (χ2v) is 9.30. The number of aromatic hydroxyl groups is 1. The van der Waals surface area contributed by atoms with E-state index in [0.29, 0.717) is 34.6 Å². The summed E-state index contributed by atoms with van der Waals surface area (Å²) in [4.78, 5) is 16.8. The predicted octanol–water partition coefficient (Wildman–Crippen LogP) is 3.85. The largest absolute Gasteiger partial charge is 0.507 e. The van der Waals surface area contributed by atoms with Crippen LogP contribution in [0.15, 0.2) is 30.3 Å². The van der Waals surface area contributed by atoms with Gasteiger partial charge < -0.3 is 31.3 Å². The maximum Gasteiger partial charge on any atom is 0.256 e. The summed E-state index contributed by atoms with van der Waals surface area (Å²) in [6.45, 7) is 8.10. The van der Waals surface area contributed by atoms with Crippen molar-refractivity contribution >= 4 is 40.5 Å². The molecule has 186 valence electrons. The topological polar surface area (TPSA) is 123 Å². The molecule has 0 radical (unpaired) electrons. The number of anilines is 4. The Kier molecular flexibility index (Phi) is 7.37. The summed E-state index contributed by atoms with van der Waals surface area (Å²) in [6.07, 6.45) is 0.722. The lowest BCUT2D eigenvalue weighted by molar-refractivity contribution is 0.100. The molecule has 0 spiro atoms. The van der Waals surface area contributed by atoms with Gasteiger partial charge in [0.05, 0.1) is 10.7 Å². The van der Waals surface area contributed by atoms with Crippen LogP contribution in [0.25, 0.3) is 0 Å². The lowest BCUT2D eigenvalue weighted by atomic mass is 10.0. The summed E-state index contributed by atoms with van der Waals surface area (Å²) >= 11 is 6.60. The van der Waals surface area contributed by atoms with Crippen LogP contribution in [-0.4, -0.2) is 59.3 Å². The van der Waals surface area contributed by atoms with Crippen LogP contribution in [0, 0.1) is 6.92 Å². The molecule has 2 aromatic carbocycles. The molecule has 2 heterocycles. The molecule has 1 aliphatic rings. The van der Waals surface area contributed by atoms with Gasteiger partial charge in [-0.1, -0.05) is 30.7 Å². The Labute approximate surface area is 210 Å². The van der Waals surface area contributed by atoms with E-state index in [9.17, 15) is 9.90 Å². The fourth-order valence-corrected chi connectivity index (χ4v) is 4.62. The first-order chi connectivity index (χ1) is 16.8. The van der Waals surface area contributed by atoms with Crippen LogP contribution < -0.4 is 21.3 Å². The minimum Gasteiger partial charge on any atom is -0.507 e. The molecule has 6 N–H and O–H groups in total. The average Bonchev–Trinajstić information content (AvgIpc) is 3.23. The van der Waals surface area contributed by atoms with E-state index in [0.717, 1.165) is 55.0 Å². The molecule has 1 amide bonds. The van der Waals surface area contributed by atoms with Crippen molar-refractivity contribution in [3.05, 3.63) is 57.6 Å². The number of aryl methyl sites for hydroxylation is 2. The minimum atomic E-state index is -0.611. The number of H-pyrrole nitrogens is 1. The maximum atomic E-state index is 12.3. The smallest absolute Gasteiger partial charge is 0.256 e. The number of nitrogens with one attached hydrogen (secondary N) is 3. The number of benzene rings is 2. The second kappa shape index (κ2) is 10.5. The summed E-state index contributed by atoms with van der Waals surface area (Å²) in [5, 5.41) is 24.3. The SMILES string of the molecule is CCc1cc(CNc2n[nH]c(Nc3ccc(N4CCN(C)CC4)c(Cl)c3)c2C(N)=O)cc(C)c1O. The maximum absolute atomic E-state index is 12.3. The highest BCUT2D eigenvalue weighted by molar-refractivity contribution is 6.33. The summed E-state index contributed by atoms with van der Waals surface area (Å²) < 4.78 is 0. The van der Waals surface area contributed by atoms with Crippen LogP contribution in [0.4, 0.5) is 23.0 Å². The highest BCUT2D eigenvalue weighted by Crippen LogP contribution is 2.32. The second-order valence-electron chi connectivity index (χ2n) is 8.90. The molecule has 9 nitrogen and oxygen atoms in total. The van der Waals surface area contributed by atoms with Crippen molar-refractivity contribution in [3.63, 3.8) is 0 Å². The van der Waals surface area contributed by atoms with Crippen molar-refractivity contribution in [2.45, 2.75) is 26.8 Å². The van der Waals surface area contributed by atoms with E-state index < -0.39 is 5.91 Å². The number of aromatic nitrogens is 2. The normalized spacial score (nSPS) is 14.2. The number of halogens is 1. The van der Waals surface area contributed by atoms with Gasteiger partial charge in [0.1, 0.15) is 17.1 Å². The predicted molar refractivity (Wildman–Crippen MR) is 141 cm³/mol. The molecule has 0 unspecified atom stereocenters. The van der Waals surface area contributed by atoms with Crippen molar-refractivity contribution in [2.75, 3.05) is 48.8 Å². The number of carbonyl (C=O) groups is 1. The zero-order valence-corrected chi connectivity index (χ0v) is 21.0. The molecule has 1 aliphatic heterocycles. The molecule has 10 heteroatoms. The number of piperazine rings is 1. The molecule has 1 aromatic heterocycles. The number of nitrogens with two attached hydrogens (primary N) is 1. The summed E-state index contributed by atoms with van der Waals surface area (Å²) in [5.41, 5.74) is 10.3. The molecule has 1 saturated heterocycles. The lowest BCUT2D eigenvalue weighted by Crippen LogP contribution is -2.44. The number of amides is 1. The van der Waals surface area contributed by atoms with E-state index in [2.05, 4.69) is 37.7 Å². The number of aromatic amines is 1. The van der Waals surface area contributed by atoms with E-state index in [1.165, 1.54) is 0 Å². The summed E-state index contributed by atoms with van der Waals surface area (Å²) in [5.74, 6) is 0.446. The van der Waals surface area contributed by atoms with Gasteiger partial charge in [0.15, 0.2) is 5.82 Å². The Hall–Kier alpha value is -3.43. The van der Waals surface area contributed by atoms with Crippen LogP contribution in [0.3, 0.4) is 0 Å². The summed E-state index contributed by atoms with van der Waals surface area (Å²) in [7, 11) is 2.12. The van der Waals surface area contributed by atoms with Gasteiger partial charge in [-0.15, -0.1) is 0 Å². The number of carbonyl (C=O) groups excluding carboxylic acids is 1. The average molecular weight is 498 g/mol. The number of likely N-dealkylation sites (N-methyl/N-ethyl adjacent to an activating group) is 1. The van der Waals surface area contributed by atoms with E-state index >= 15 is 0 Å². The zero-order chi connectivity index (χ0) is 25.1. The molecule has 35 heavy (non-hydrogen) atoms. The number of hydrogen-bond donors (Lipinski definition) is 5. The first-order valence-corrected chi connectivity index (χ1v) is 12.1. The third-order valence-corrected chi connectivity index (χ3v) is 6.66. The summed E-state index contributed by atoms with van der Waals surface area (Å²) in [6, 6.07) is 9.58. The van der Waals surface area contributed by atoms with Gasteiger partial charge in [-0.05, 0) is 55.3 Å². The zero-order valence-electron chi connectivity index (χ0n) is 20.3. The fourth-order valence-electron chi connectivity index (χ4n) is 4.32. The highest BCUT2D eigenvalue weighted by Gasteiger charge is 2.20. The Balaban J connectivity index is 1.50. The third-order valence-electron chi connectivity index (χ3n) is 6.35. The standard InChI is InChI=1S/C25H32ClN7O2/c1-4-17-12-16(11-15(2)22(17)34)14-28-24-21(23(27)35)25(31-30-24)29-18-5-6-20(19(26)13-18)33-9-7-32(3)8-10-33/h5-6,11-13,34H,4,7-10,14H2,1-3H3,(H2,27,35)(H3,28,29,30,31). The Morgan fingerprint density at radius 2 is 1.97 bits per heavy atom. The molecule has 3 aromatic rings. The van der Waals surface area contributed by atoms with Crippen LogP contribution in [-0.2, 0) is 13.0 Å². The van der Waals surface area contributed by atoms with Crippen LogP contribution in [0.1, 0.15) is 34.0 Å². The van der Waals surface area contributed by atoms with Gasteiger partial charge >= 0.3 is 0 Å². The van der Waals surface area contributed by atoms with Crippen molar-refractivity contribution in [3.8, 4) is 5.75 Å². The van der Waals surface area contributed by atoms with Crippen molar-refractivity contribution in [1.82, 2.24) is 15.1 Å². The number of primary amides is 1. The molecular formula is C25H32ClN7O2. The Bertz CT molecular complexity index is 1220. The Morgan fingerprint density at radius 1 is 1.23 bits per heavy atom. The quantitative estimate of drug-likeness (QED) is 0.320. The van der Waals surface area contributed by atoms with E-state index in [4.69, 9.17) is 17.3 Å². The molecule has 0 saturated carbocycles. The molecular weight excluding hydrogens is 466 g/mol. The van der Waals surface area contributed by atoms with E-state index in [-0.39, 0.29) is 5.56 Å². The van der Waals surface area contributed by atoms with Crippen molar-refractivity contribution in [1.29, 1.82) is 0 Å². The highest BCUT2D eigenvalue weighted by atomic mass is 35.5. The first-order valence-electron chi connectivity index (χ1n) is 11.7. The monoisotopic (exact) mass is 497 g/mol. The fraction of sp³-hybridized carbons (Fsp3) is 0.360. The number of hydrogen-bond acceptors (Lipinski definition) is 7. The molecule has 1 fully saturated rings. The number of phenols is 1. The molecule has 0 bridgehead atoms. The minimum absolute atomic E-state index is 0.232. The van der Waals surface area contributed by atoms with E-state index in [1.54, 1.807) is 0 Å². The van der Waals surface area contributed by atoms with Gasteiger partial charge in [0.25, 0.3) is 5.91 Å². The number of nitrogens with zero attached hydrogens (tertiary/aromatic N) is 3. The van der Waals surface area contributed by atoms with E-state index in [1.807, 2.05) is 44.2 Å². The van der Waals surface area contributed by atoms with Crippen LogP contribution in [0.5, 0.6) is 5.75 Å². The lowest BCUT2D eigenvalue weighted by Gasteiger charge is -2.34. The van der Waals surface area contributed by atoms with Crippen LogP contribution in [0.2, 0.25) is 5.02 Å². The van der Waals surface area contributed by atoms with Crippen molar-refractivity contribution in [2.24, 2.45) is 5.73 Å². The van der Waals surface area contributed by atoms with Crippen LogP contribution >= 0.6 is 11.6 Å². The molecule has 0 aliphatic carbocycles. The third kappa shape index (κ3) is 5.47. The Morgan fingerprint density at radius 3 is 2.63 bits per heavy atom. The van der Waals surface area contributed by atoms with Gasteiger partial charge in [-0.3, -0.25) is 9.89 Å².